The molecule has 18 heavy (non-hydrogen) atoms. The zero-order valence-electron chi connectivity index (χ0n) is 10.8. The Balaban J connectivity index is 3.05. The zero-order chi connectivity index (χ0) is 13.5. The van der Waals surface area contributed by atoms with Crippen LogP contribution in [0.4, 0.5) is 5.69 Å². The molecule has 0 aromatic carbocycles. The SMILES string of the molecule is CNCCC=Cc1cnc(OC)c([N+](=O)[O-])c1C. The number of pyridine rings is 1. The third-order valence-corrected chi connectivity index (χ3v) is 2.55. The van der Waals surface area contributed by atoms with E-state index in [4.69, 9.17) is 4.74 Å². The standard InChI is InChI=1S/C12H17N3O3/c1-9-10(6-4-5-7-13-2)8-14-12(18-3)11(9)15(16)17/h4,6,8,13H,5,7H2,1-3H3. The summed E-state index contributed by atoms with van der Waals surface area (Å²) in [6.45, 7) is 2.56. The van der Waals surface area contributed by atoms with Crippen molar-refractivity contribution in [3.05, 3.63) is 33.5 Å². The average Bonchev–Trinajstić information content (AvgIpc) is 2.35. The highest BCUT2D eigenvalue weighted by molar-refractivity contribution is 5.61. The van der Waals surface area contributed by atoms with Gasteiger partial charge in [-0.3, -0.25) is 10.1 Å². The van der Waals surface area contributed by atoms with Crippen LogP contribution in [0.1, 0.15) is 17.5 Å². The molecule has 1 rings (SSSR count). The van der Waals surface area contributed by atoms with Gasteiger partial charge in [-0.05, 0) is 26.9 Å². The van der Waals surface area contributed by atoms with Crippen LogP contribution in [0.15, 0.2) is 12.3 Å². The second-order valence-electron chi connectivity index (χ2n) is 3.75. The maximum absolute atomic E-state index is 11.0. The number of nitrogens with one attached hydrogen (secondary N) is 1. The van der Waals surface area contributed by atoms with E-state index >= 15 is 0 Å². The molecule has 0 atom stereocenters. The molecule has 0 saturated carbocycles. The molecule has 0 radical (unpaired) electrons. The Kier molecular flexibility index (Phi) is 5.26. The smallest absolute Gasteiger partial charge is 0.334 e. The van der Waals surface area contributed by atoms with E-state index in [1.807, 2.05) is 19.2 Å². The van der Waals surface area contributed by atoms with Crippen molar-refractivity contribution in [1.82, 2.24) is 10.3 Å². The Morgan fingerprint density at radius 3 is 2.89 bits per heavy atom. The quantitative estimate of drug-likeness (QED) is 0.475. The first-order chi connectivity index (χ1) is 8.61. The topological polar surface area (TPSA) is 77.3 Å². The van der Waals surface area contributed by atoms with Gasteiger partial charge in [0, 0.05) is 17.3 Å². The predicted molar refractivity (Wildman–Crippen MR) is 69.8 cm³/mol. The molecule has 1 N–H and O–H groups in total. The molecule has 98 valence electrons. The normalized spacial score (nSPS) is 10.8. The molecule has 0 amide bonds. The summed E-state index contributed by atoms with van der Waals surface area (Å²) in [7, 11) is 3.25. The van der Waals surface area contributed by atoms with Gasteiger partial charge in [0.25, 0.3) is 5.88 Å². The number of hydrogen-bond acceptors (Lipinski definition) is 5. The number of methoxy groups -OCH3 is 1. The highest BCUT2D eigenvalue weighted by atomic mass is 16.6. The van der Waals surface area contributed by atoms with Crippen molar-refractivity contribution in [2.75, 3.05) is 20.7 Å². The molecule has 0 aliphatic heterocycles. The number of rotatable bonds is 6. The molecular weight excluding hydrogens is 234 g/mol. The van der Waals surface area contributed by atoms with Gasteiger partial charge in [0.1, 0.15) is 0 Å². The Labute approximate surface area is 106 Å². The zero-order valence-corrected chi connectivity index (χ0v) is 10.8. The average molecular weight is 251 g/mol. The summed E-state index contributed by atoms with van der Waals surface area (Å²) in [5, 5.41) is 14.0. The second-order valence-corrected chi connectivity index (χ2v) is 3.75. The Morgan fingerprint density at radius 1 is 1.61 bits per heavy atom. The highest BCUT2D eigenvalue weighted by Gasteiger charge is 2.21. The molecule has 0 saturated heterocycles. The minimum Gasteiger partial charge on any atom is -0.476 e. The van der Waals surface area contributed by atoms with Crippen LogP contribution in [-0.2, 0) is 0 Å². The summed E-state index contributed by atoms with van der Waals surface area (Å²) in [5.74, 6) is 0.0462. The van der Waals surface area contributed by atoms with Gasteiger partial charge in [-0.15, -0.1) is 0 Å². The van der Waals surface area contributed by atoms with Gasteiger partial charge in [-0.25, -0.2) is 4.98 Å². The van der Waals surface area contributed by atoms with Crippen molar-refractivity contribution in [2.24, 2.45) is 0 Å². The van der Waals surface area contributed by atoms with E-state index in [-0.39, 0.29) is 11.6 Å². The van der Waals surface area contributed by atoms with Gasteiger partial charge in [0.2, 0.25) is 0 Å². The van der Waals surface area contributed by atoms with Crippen LogP contribution in [0, 0.1) is 17.0 Å². The summed E-state index contributed by atoms with van der Waals surface area (Å²) >= 11 is 0. The number of nitro groups is 1. The number of nitrogens with zero attached hydrogens (tertiary/aromatic N) is 2. The molecule has 0 bridgehead atoms. The largest absolute Gasteiger partial charge is 0.476 e. The fourth-order valence-corrected chi connectivity index (χ4v) is 1.55. The second kappa shape index (κ2) is 6.70. The third kappa shape index (κ3) is 3.27. The van der Waals surface area contributed by atoms with Crippen LogP contribution in [-0.4, -0.2) is 30.6 Å². The van der Waals surface area contributed by atoms with Gasteiger partial charge < -0.3 is 10.1 Å². The first-order valence-electron chi connectivity index (χ1n) is 5.61. The number of aromatic nitrogens is 1. The van der Waals surface area contributed by atoms with E-state index in [9.17, 15) is 10.1 Å². The lowest BCUT2D eigenvalue weighted by Gasteiger charge is -2.05. The lowest BCUT2D eigenvalue weighted by Crippen LogP contribution is -2.05. The summed E-state index contributed by atoms with van der Waals surface area (Å²) in [5.41, 5.74) is 1.22. The molecular formula is C12H17N3O3. The van der Waals surface area contributed by atoms with Crippen molar-refractivity contribution in [2.45, 2.75) is 13.3 Å². The van der Waals surface area contributed by atoms with Crippen molar-refractivity contribution < 1.29 is 9.66 Å². The molecule has 0 spiro atoms. The van der Waals surface area contributed by atoms with E-state index in [1.54, 1.807) is 13.1 Å². The third-order valence-electron chi connectivity index (χ3n) is 2.55. The van der Waals surface area contributed by atoms with E-state index in [2.05, 4.69) is 10.3 Å². The van der Waals surface area contributed by atoms with Crippen LogP contribution in [0.2, 0.25) is 0 Å². The lowest BCUT2D eigenvalue weighted by atomic mass is 10.1. The fraction of sp³-hybridized carbons (Fsp3) is 0.417. The van der Waals surface area contributed by atoms with Crippen LogP contribution >= 0.6 is 0 Å². The minimum atomic E-state index is -0.466. The van der Waals surface area contributed by atoms with Crippen molar-refractivity contribution in [3.63, 3.8) is 0 Å². The molecule has 6 nitrogen and oxygen atoms in total. The van der Waals surface area contributed by atoms with Crippen molar-refractivity contribution in [1.29, 1.82) is 0 Å². The van der Waals surface area contributed by atoms with Crippen LogP contribution < -0.4 is 10.1 Å². The summed E-state index contributed by atoms with van der Waals surface area (Å²) < 4.78 is 4.90. The van der Waals surface area contributed by atoms with Crippen LogP contribution in [0.25, 0.3) is 6.08 Å². The van der Waals surface area contributed by atoms with Crippen molar-refractivity contribution in [3.8, 4) is 5.88 Å². The van der Waals surface area contributed by atoms with Gasteiger partial charge in [0.05, 0.1) is 12.0 Å². The molecule has 6 heteroatoms. The molecule has 1 aromatic heterocycles. The van der Waals surface area contributed by atoms with E-state index in [0.29, 0.717) is 5.56 Å². The summed E-state index contributed by atoms with van der Waals surface area (Å²) in [4.78, 5) is 14.5. The number of ether oxygens (including phenoxy) is 1. The van der Waals surface area contributed by atoms with E-state index in [1.165, 1.54) is 7.11 Å². The molecule has 1 heterocycles. The summed E-state index contributed by atoms with van der Waals surface area (Å²) in [6, 6.07) is 0. The predicted octanol–water partition coefficient (Wildman–Crippen LogP) is 1.93. The minimum absolute atomic E-state index is 0.0462. The first kappa shape index (κ1) is 14.1. The van der Waals surface area contributed by atoms with Gasteiger partial charge >= 0.3 is 5.69 Å². The van der Waals surface area contributed by atoms with Crippen LogP contribution in [0.3, 0.4) is 0 Å². The van der Waals surface area contributed by atoms with E-state index < -0.39 is 4.92 Å². The highest BCUT2D eigenvalue weighted by Crippen LogP contribution is 2.30. The maximum Gasteiger partial charge on any atom is 0.334 e. The van der Waals surface area contributed by atoms with Gasteiger partial charge in [-0.2, -0.15) is 0 Å². The molecule has 0 aliphatic rings. The van der Waals surface area contributed by atoms with E-state index in [0.717, 1.165) is 18.5 Å². The van der Waals surface area contributed by atoms with Crippen molar-refractivity contribution >= 4 is 11.8 Å². The van der Waals surface area contributed by atoms with Gasteiger partial charge in [0.15, 0.2) is 0 Å². The monoisotopic (exact) mass is 251 g/mol. The molecule has 0 fully saturated rings. The van der Waals surface area contributed by atoms with Gasteiger partial charge in [-0.1, -0.05) is 12.2 Å². The lowest BCUT2D eigenvalue weighted by molar-refractivity contribution is -0.386. The van der Waals surface area contributed by atoms with Crippen LogP contribution in [0.5, 0.6) is 5.88 Å². The fourth-order valence-electron chi connectivity index (χ4n) is 1.55. The molecule has 1 aromatic rings. The molecule has 0 unspecified atom stereocenters. The first-order valence-corrected chi connectivity index (χ1v) is 5.61. The maximum atomic E-state index is 11.0. The Morgan fingerprint density at radius 2 is 2.33 bits per heavy atom. The summed E-state index contributed by atoms with van der Waals surface area (Å²) in [6.07, 6.45) is 6.23. The Bertz CT molecular complexity index is 458. The molecule has 0 aliphatic carbocycles. The Hall–Kier alpha value is -1.95. The number of hydrogen-bond donors (Lipinski definition) is 1.